The fraction of sp³-hybridized carbons (Fsp3) is 0.200. The fourth-order valence-corrected chi connectivity index (χ4v) is 1.86. The minimum Gasteiger partial charge on any atom is -0.461 e. The molecule has 4 nitrogen and oxygen atoms in total. The number of hydrogen-bond acceptors (Lipinski definition) is 3. The Labute approximate surface area is 111 Å². The van der Waals surface area contributed by atoms with E-state index in [0.717, 1.165) is 0 Å². The third-order valence-corrected chi connectivity index (χ3v) is 2.79. The van der Waals surface area contributed by atoms with Gasteiger partial charge in [-0.3, -0.25) is 4.79 Å². The first-order valence-electron chi connectivity index (χ1n) is 6.10. The van der Waals surface area contributed by atoms with E-state index in [9.17, 15) is 9.59 Å². The van der Waals surface area contributed by atoms with Crippen molar-refractivity contribution < 1.29 is 14.3 Å². The fourth-order valence-electron chi connectivity index (χ4n) is 1.86. The predicted octanol–water partition coefficient (Wildman–Crippen LogP) is 2.73. The quantitative estimate of drug-likeness (QED) is 0.676. The lowest BCUT2D eigenvalue weighted by atomic mass is 10.0. The monoisotopic (exact) mass is 257 g/mol. The number of hydrogen-bond donors (Lipinski definition) is 1. The van der Waals surface area contributed by atoms with Crippen molar-refractivity contribution >= 4 is 11.8 Å². The van der Waals surface area contributed by atoms with Crippen LogP contribution in [0.1, 0.15) is 39.0 Å². The van der Waals surface area contributed by atoms with Crippen molar-refractivity contribution in [3.63, 3.8) is 0 Å². The van der Waals surface area contributed by atoms with E-state index in [-0.39, 0.29) is 5.78 Å². The summed E-state index contributed by atoms with van der Waals surface area (Å²) in [5.74, 6) is -0.553. The Morgan fingerprint density at radius 2 is 1.89 bits per heavy atom. The number of benzene rings is 1. The van der Waals surface area contributed by atoms with Crippen molar-refractivity contribution in [1.82, 2.24) is 4.98 Å². The maximum Gasteiger partial charge on any atom is 0.354 e. The largest absolute Gasteiger partial charge is 0.461 e. The number of ketones is 1. The van der Waals surface area contributed by atoms with Crippen LogP contribution in [0.4, 0.5) is 0 Å². The van der Waals surface area contributed by atoms with Crippen LogP contribution in [0.15, 0.2) is 36.4 Å². The highest BCUT2D eigenvalue weighted by atomic mass is 16.5. The Balaban J connectivity index is 2.31. The van der Waals surface area contributed by atoms with Crippen LogP contribution in [-0.2, 0) is 4.74 Å². The van der Waals surface area contributed by atoms with Crippen molar-refractivity contribution in [2.24, 2.45) is 0 Å². The third kappa shape index (κ3) is 2.73. The molecule has 0 bridgehead atoms. The van der Waals surface area contributed by atoms with Gasteiger partial charge in [0, 0.05) is 16.8 Å². The number of carbonyl (C=O) groups is 2. The van der Waals surface area contributed by atoms with Gasteiger partial charge in [-0.15, -0.1) is 0 Å². The smallest absolute Gasteiger partial charge is 0.354 e. The molecule has 0 amide bonds. The highest BCUT2D eigenvalue weighted by molar-refractivity contribution is 6.10. The van der Waals surface area contributed by atoms with Gasteiger partial charge in [0.15, 0.2) is 5.78 Å². The molecule has 0 radical (unpaired) electrons. The zero-order chi connectivity index (χ0) is 13.8. The van der Waals surface area contributed by atoms with E-state index in [1.807, 2.05) is 18.2 Å². The molecule has 2 aromatic rings. The lowest BCUT2D eigenvalue weighted by Gasteiger charge is -1.98. The molecule has 1 heterocycles. The highest BCUT2D eigenvalue weighted by Crippen LogP contribution is 2.16. The number of H-pyrrole nitrogens is 1. The summed E-state index contributed by atoms with van der Waals surface area (Å²) in [5.41, 5.74) is 2.06. The Bertz CT molecular complexity index is 599. The molecular formula is C15H15NO3. The maximum atomic E-state index is 12.3. The number of ether oxygens (including phenoxy) is 1. The van der Waals surface area contributed by atoms with Crippen LogP contribution in [-0.4, -0.2) is 23.3 Å². The van der Waals surface area contributed by atoms with Crippen molar-refractivity contribution in [2.45, 2.75) is 13.8 Å². The van der Waals surface area contributed by atoms with Crippen LogP contribution in [0.3, 0.4) is 0 Å². The molecule has 0 unspecified atom stereocenters. The summed E-state index contributed by atoms with van der Waals surface area (Å²) < 4.78 is 4.90. The van der Waals surface area contributed by atoms with Crippen molar-refractivity contribution in [3.05, 3.63) is 58.9 Å². The third-order valence-electron chi connectivity index (χ3n) is 2.79. The van der Waals surface area contributed by atoms with Gasteiger partial charge in [0.25, 0.3) is 0 Å². The Morgan fingerprint density at radius 1 is 1.21 bits per heavy atom. The van der Waals surface area contributed by atoms with Crippen LogP contribution in [0, 0.1) is 6.92 Å². The Hall–Kier alpha value is -2.36. The summed E-state index contributed by atoms with van der Waals surface area (Å²) in [5, 5.41) is 0. The molecule has 0 aliphatic carbocycles. The van der Waals surface area contributed by atoms with Gasteiger partial charge < -0.3 is 9.72 Å². The van der Waals surface area contributed by atoms with Gasteiger partial charge in [0.1, 0.15) is 5.69 Å². The van der Waals surface area contributed by atoms with Crippen LogP contribution in [0.5, 0.6) is 0 Å². The molecule has 1 N–H and O–H groups in total. The number of aromatic nitrogens is 1. The van der Waals surface area contributed by atoms with Gasteiger partial charge in [0.05, 0.1) is 6.61 Å². The zero-order valence-corrected chi connectivity index (χ0v) is 10.9. The first kappa shape index (κ1) is 13.1. The second-order valence-electron chi connectivity index (χ2n) is 4.14. The van der Waals surface area contributed by atoms with Gasteiger partial charge in [-0.1, -0.05) is 30.3 Å². The van der Waals surface area contributed by atoms with Gasteiger partial charge in [-0.25, -0.2) is 4.79 Å². The van der Waals surface area contributed by atoms with E-state index in [1.54, 1.807) is 32.0 Å². The molecule has 0 fully saturated rings. The molecule has 98 valence electrons. The molecule has 19 heavy (non-hydrogen) atoms. The summed E-state index contributed by atoms with van der Waals surface area (Å²) >= 11 is 0. The first-order valence-corrected chi connectivity index (χ1v) is 6.10. The minimum absolute atomic E-state index is 0.107. The number of aromatic amines is 1. The van der Waals surface area contributed by atoms with Gasteiger partial charge in [0.2, 0.25) is 0 Å². The highest BCUT2D eigenvalue weighted by Gasteiger charge is 2.18. The van der Waals surface area contributed by atoms with Gasteiger partial charge in [-0.2, -0.15) is 0 Å². The summed E-state index contributed by atoms with van der Waals surface area (Å²) in [4.78, 5) is 26.8. The molecule has 1 aromatic heterocycles. The Kier molecular flexibility index (Phi) is 3.80. The molecule has 0 atom stereocenters. The molecule has 0 saturated carbocycles. The normalized spacial score (nSPS) is 10.2. The number of carbonyl (C=O) groups excluding carboxylic acids is 2. The molecule has 2 rings (SSSR count). The van der Waals surface area contributed by atoms with E-state index in [0.29, 0.717) is 29.1 Å². The summed E-state index contributed by atoms with van der Waals surface area (Å²) in [6, 6.07) is 10.5. The van der Waals surface area contributed by atoms with Gasteiger partial charge in [-0.05, 0) is 19.9 Å². The zero-order valence-electron chi connectivity index (χ0n) is 10.9. The summed E-state index contributed by atoms with van der Waals surface area (Å²) in [7, 11) is 0. The SMILES string of the molecule is CCOC(=O)c1cc(C(=O)c2ccccc2)c(C)[nH]1. The van der Waals surface area contributed by atoms with Crippen LogP contribution < -0.4 is 0 Å². The van der Waals surface area contributed by atoms with Crippen molar-refractivity contribution in [2.75, 3.05) is 6.61 Å². The molecule has 0 aliphatic rings. The number of aryl methyl sites for hydroxylation is 1. The topological polar surface area (TPSA) is 59.2 Å². The molecule has 0 aliphatic heterocycles. The van der Waals surface area contributed by atoms with E-state index < -0.39 is 5.97 Å². The van der Waals surface area contributed by atoms with Crippen LogP contribution in [0.25, 0.3) is 0 Å². The van der Waals surface area contributed by atoms with Crippen molar-refractivity contribution in [3.8, 4) is 0 Å². The minimum atomic E-state index is -0.447. The number of nitrogens with one attached hydrogen (secondary N) is 1. The molecule has 1 aromatic carbocycles. The predicted molar refractivity (Wildman–Crippen MR) is 71.4 cm³/mol. The van der Waals surface area contributed by atoms with E-state index in [4.69, 9.17) is 4.74 Å². The van der Waals surface area contributed by atoms with E-state index in [1.165, 1.54) is 0 Å². The second-order valence-corrected chi connectivity index (χ2v) is 4.14. The average molecular weight is 257 g/mol. The number of rotatable bonds is 4. The molecule has 0 saturated heterocycles. The van der Waals surface area contributed by atoms with E-state index >= 15 is 0 Å². The van der Waals surface area contributed by atoms with Crippen molar-refractivity contribution in [1.29, 1.82) is 0 Å². The van der Waals surface area contributed by atoms with Gasteiger partial charge >= 0.3 is 5.97 Å². The average Bonchev–Trinajstić information content (AvgIpc) is 2.81. The lowest BCUT2D eigenvalue weighted by Crippen LogP contribution is -2.04. The molecule has 0 spiro atoms. The summed E-state index contributed by atoms with van der Waals surface area (Å²) in [6.07, 6.45) is 0. The van der Waals surface area contributed by atoms with E-state index in [2.05, 4.69) is 4.98 Å². The standard InChI is InChI=1S/C15H15NO3/c1-3-19-15(18)13-9-12(10(2)16-13)14(17)11-7-5-4-6-8-11/h4-9,16H,3H2,1-2H3. The maximum absolute atomic E-state index is 12.3. The van der Waals surface area contributed by atoms with Crippen LogP contribution in [0.2, 0.25) is 0 Å². The van der Waals surface area contributed by atoms with Crippen LogP contribution >= 0.6 is 0 Å². The summed E-state index contributed by atoms with van der Waals surface area (Å²) in [6.45, 7) is 3.81. The number of esters is 1. The molecular weight excluding hydrogens is 242 g/mol. The Morgan fingerprint density at radius 3 is 2.53 bits per heavy atom. The first-order chi connectivity index (χ1) is 9.13. The molecule has 4 heteroatoms. The second kappa shape index (κ2) is 5.52. The lowest BCUT2D eigenvalue weighted by molar-refractivity contribution is 0.0520.